The number of pyridine rings is 2. The molecule has 31 heavy (non-hydrogen) atoms. The number of nitrogen functional groups attached to an aromatic ring is 1. The monoisotopic (exact) mass is 455 g/mol. The quantitative estimate of drug-likeness (QED) is 0.140. The largest absolute Gasteiger partial charge is 0.477 e. The molecule has 15 nitrogen and oxygen atoms in total. The smallest absolute Gasteiger partial charge is 0.394 e. The average Bonchev–Trinajstić information content (AvgIpc) is 3.15. The van der Waals surface area contributed by atoms with Gasteiger partial charge in [0.15, 0.2) is 5.82 Å². The zero-order valence-electron chi connectivity index (χ0n) is 15.8. The van der Waals surface area contributed by atoms with Crippen LogP contribution in [0.25, 0.3) is 11.4 Å². The van der Waals surface area contributed by atoms with Crippen molar-refractivity contribution >= 4 is 28.2 Å². The summed E-state index contributed by atoms with van der Waals surface area (Å²) in [7, 11) is -4.67. The van der Waals surface area contributed by atoms with Crippen molar-refractivity contribution in [2.45, 2.75) is 0 Å². The lowest BCUT2D eigenvalue weighted by atomic mass is 10.3. The molecule has 0 radical (unpaired) electrons. The van der Waals surface area contributed by atoms with Gasteiger partial charge in [0.25, 0.3) is 0 Å². The summed E-state index contributed by atoms with van der Waals surface area (Å²) in [6, 6.07) is 8.46. The molecular weight excluding hydrogens is 434 g/mol. The molecule has 11 N–H and O–H groups in total. The number of carbonyl (C=O) groups is 1. The lowest BCUT2D eigenvalue weighted by Gasteiger charge is -1.91. The van der Waals surface area contributed by atoms with E-state index in [2.05, 4.69) is 25.1 Å². The van der Waals surface area contributed by atoms with E-state index in [0.29, 0.717) is 5.82 Å². The van der Waals surface area contributed by atoms with Gasteiger partial charge in [0.1, 0.15) is 11.5 Å². The Balaban J connectivity index is 0.000000420. The Labute approximate surface area is 176 Å². The van der Waals surface area contributed by atoms with Crippen molar-refractivity contribution in [2.75, 3.05) is 12.3 Å². The van der Waals surface area contributed by atoms with Gasteiger partial charge in [0.05, 0.1) is 6.54 Å². The minimum atomic E-state index is -4.67. The predicted molar refractivity (Wildman–Crippen MR) is 110 cm³/mol. The summed E-state index contributed by atoms with van der Waals surface area (Å²) in [5.74, 6) is -0.0740. The van der Waals surface area contributed by atoms with Crippen molar-refractivity contribution < 1.29 is 27.4 Å². The van der Waals surface area contributed by atoms with Crippen LogP contribution in [0.2, 0.25) is 0 Å². The molecule has 0 aliphatic rings. The standard InChI is InChI=1S/C7H7N5.C6H5NO2.C2H7N3.H2O4S/c8-7-10-6(11-12-7)5-2-1-3-9-4-5;8-6(9)5-3-1-2-4-7-5;3-1-2(4)5;1-5(2,3)4/h1-4H,(H3,8,10,11,12);1-4H,(H,8,9);1,3H2,(H3,4,5);(H2,1,2,3,4). The van der Waals surface area contributed by atoms with Gasteiger partial charge in [0, 0.05) is 24.2 Å². The molecule has 0 unspecified atom stereocenters. The Hall–Kier alpha value is -3.99. The summed E-state index contributed by atoms with van der Waals surface area (Å²) >= 11 is 0. The van der Waals surface area contributed by atoms with Crippen molar-refractivity contribution in [2.24, 2.45) is 11.5 Å². The van der Waals surface area contributed by atoms with Gasteiger partial charge in [0.2, 0.25) is 5.95 Å². The molecule has 0 aliphatic heterocycles. The fourth-order valence-corrected chi connectivity index (χ4v) is 1.40. The molecule has 168 valence electrons. The summed E-state index contributed by atoms with van der Waals surface area (Å²) in [6.07, 6.45) is 4.84. The molecule has 0 atom stereocenters. The van der Waals surface area contributed by atoms with Crippen LogP contribution in [0, 0.1) is 5.41 Å². The number of aromatic amines is 1. The van der Waals surface area contributed by atoms with E-state index in [4.69, 9.17) is 45.2 Å². The molecule has 3 heterocycles. The third-order valence-electron chi connectivity index (χ3n) is 2.54. The molecular formula is C15H21N9O6S. The second-order valence-electron chi connectivity index (χ2n) is 4.98. The number of carboxylic acids is 1. The van der Waals surface area contributed by atoms with E-state index in [9.17, 15) is 4.79 Å². The molecule has 0 saturated carbocycles. The molecule has 3 aromatic heterocycles. The molecule has 3 rings (SSSR count). The van der Waals surface area contributed by atoms with Crippen LogP contribution in [0.3, 0.4) is 0 Å². The first-order valence-corrected chi connectivity index (χ1v) is 9.29. The second kappa shape index (κ2) is 14.1. The molecule has 0 amide bonds. The van der Waals surface area contributed by atoms with Crippen LogP contribution < -0.4 is 17.2 Å². The molecule has 0 bridgehead atoms. The normalized spacial score (nSPS) is 9.52. The van der Waals surface area contributed by atoms with Gasteiger partial charge < -0.3 is 22.3 Å². The van der Waals surface area contributed by atoms with E-state index in [1.807, 2.05) is 12.1 Å². The van der Waals surface area contributed by atoms with E-state index in [1.165, 1.54) is 12.3 Å². The highest BCUT2D eigenvalue weighted by Crippen LogP contribution is 2.11. The van der Waals surface area contributed by atoms with E-state index >= 15 is 0 Å². The Bertz CT molecular complexity index is 1020. The second-order valence-corrected chi connectivity index (χ2v) is 5.88. The van der Waals surface area contributed by atoms with Crippen LogP contribution >= 0.6 is 0 Å². The van der Waals surface area contributed by atoms with Crippen molar-refractivity contribution in [3.05, 3.63) is 54.6 Å². The summed E-state index contributed by atoms with van der Waals surface area (Å²) in [4.78, 5) is 21.6. The van der Waals surface area contributed by atoms with E-state index in [0.717, 1.165) is 5.56 Å². The number of aromatic carboxylic acids is 1. The number of nitrogens with one attached hydrogen (secondary N) is 2. The maximum atomic E-state index is 10.1. The SMILES string of the molecule is N=C(N)CN.Nc1n[nH]c(-c2cccnc2)n1.O=C(O)c1ccccn1.O=S(=O)(O)O. The van der Waals surface area contributed by atoms with Crippen molar-refractivity contribution in [1.82, 2.24) is 25.1 Å². The molecule has 0 aliphatic carbocycles. The van der Waals surface area contributed by atoms with Gasteiger partial charge in [-0.25, -0.2) is 9.78 Å². The van der Waals surface area contributed by atoms with Gasteiger partial charge in [-0.05, 0) is 24.3 Å². The van der Waals surface area contributed by atoms with E-state index in [-0.39, 0.29) is 24.0 Å². The van der Waals surface area contributed by atoms with Crippen molar-refractivity contribution in [1.29, 1.82) is 5.41 Å². The van der Waals surface area contributed by atoms with Gasteiger partial charge >= 0.3 is 16.4 Å². The zero-order valence-corrected chi connectivity index (χ0v) is 16.6. The Kier molecular flexibility index (Phi) is 12.3. The maximum Gasteiger partial charge on any atom is 0.394 e. The Morgan fingerprint density at radius 3 is 2.10 bits per heavy atom. The molecule has 0 aromatic carbocycles. The first-order chi connectivity index (χ1) is 14.4. The number of amidine groups is 1. The van der Waals surface area contributed by atoms with E-state index < -0.39 is 16.4 Å². The third kappa shape index (κ3) is 15.6. The summed E-state index contributed by atoms with van der Waals surface area (Å²) in [5, 5.41) is 21.1. The number of hydrogen-bond donors (Lipinski definition) is 8. The first-order valence-electron chi connectivity index (χ1n) is 7.89. The molecule has 3 aromatic rings. The summed E-state index contributed by atoms with van der Waals surface area (Å²) in [6.45, 7) is 0.167. The van der Waals surface area contributed by atoms with Crippen LogP contribution in [0.4, 0.5) is 5.95 Å². The first kappa shape index (κ1) is 27.0. The van der Waals surface area contributed by atoms with Gasteiger partial charge in [-0.2, -0.15) is 13.4 Å². The molecule has 0 spiro atoms. The third-order valence-corrected chi connectivity index (χ3v) is 2.54. The number of hydrogen-bond acceptors (Lipinski definition) is 10. The van der Waals surface area contributed by atoms with Crippen LogP contribution in [0.15, 0.2) is 48.9 Å². The Morgan fingerprint density at radius 1 is 1.16 bits per heavy atom. The fraction of sp³-hybridized carbons (Fsp3) is 0.0667. The topological polar surface area (TPSA) is 281 Å². The average molecular weight is 455 g/mol. The number of carboxylic acid groups (broad SMARTS) is 1. The number of rotatable bonds is 3. The number of H-pyrrole nitrogens is 1. The van der Waals surface area contributed by atoms with E-state index in [1.54, 1.807) is 24.5 Å². The van der Waals surface area contributed by atoms with Gasteiger partial charge in [-0.15, -0.1) is 5.10 Å². The summed E-state index contributed by atoms with van der Waals surface area (Å²) in [5.41, 5.74) is 15.9. The minimum absolute atomic E-state index is 0.0324. The summed E-state index contributed by atoms with van der Waals surface area (Å²) < 4.78 is 31.6. The number of nitrogens with two attached hydrogens (primary N) is 3. The molecule has 16 heteroatoms. The number of nitrogens with zero attached hydrogens (tertiary/aromatic N) is 4. The minimum Gasteiger partial charge on any atom is -0.477 e. The van der Waals surface area contributed by atoms with Crippen molar-refractivity contribution in [3.8, 4) is 11.4 Å². The Morgan fingerprint density at radius 2 is 1.77 bits per heavy atom. The molecule has 0 fully saturated rings. The predicted octanol–water partition coefficient (Wildman–Crippen LogP) is -0.543. The maximum absolute atomic E-state index is 10.1. The zero-order chi connectivity index (χ0) is 23.9. The highest BCUT2D eigenvalue weighted by molar-refractivity contribution is 7.79. The lowest BCUT2D eigenvalue weighted by molar-refractivity contribution is 0.0690. The number of anilines is 1. The van der Waals surface area contributed by atoms with Crippen molar-refractivity contribution in [3.63, 3.8) is 0 Å². The van der Waals surface area contributed by atoms with Gasteiger partial charge in [-0.3, -0.25) is 24.6 Å². The highest BCUT2D eigenvalue weighted by atomic mass is 32.3. The fourth-order valence-electron chi connectivity index (χ4n) is 1.40. The van der Waals surface area contributed by atoms with Crippen LogP contribution in [0.5, 0.6) is 0 Å². The highest BCUT2D eigenvalue weighted by Gasteiger charge is 2.01. The van der Waals surface area contributed by atoms with Crippen LogP contribution in [-0.2, 0) is 10.4 Å². The van der Waals surface area contributed by atoms with Crippen LogP contribution in [0.1, 0.15) is 10.5 Å². The lowest BCUT2D eigenvalue weighted by Crippen LogP contribution is -2.20. The molecule has 0 saturated heterocycles. The number of aromatic nitrogens is 5. The van der Waals surface area contributed by atoms with Crippen LogP contribution in [-0.4, -0.2) is 66.1 Å². The van der Waals surface area contributed by atoms with Gasteiger partial charge in [-0.1, -0.05) is 6.07 Å².